The second kappa shape index (κ2) is 7.58. The quantitative estimate of drug-likeness (QED) is 0.919. The Kier molecular flexibility index (Phi) is 5.02. The largest absolute Gasteiger partial charge is 0.341 e. The van der Waals surface area contributed by atoms with Crippen molar-refractivity contribution in [3.05, 3.63) is 53.1 Å². The number of nitrogens with zero attached hydrogens (tertiary/aromatic N) is 3. The number of hydrogen-bond acceptors (Lipinski definition) is 3. The van der Waals surface area contributed by atoms with Gasteiger partial charge in [0.25, 0.3) is 0 Å². The van der Waals surface area contributed by atoms with Gasteiger partial charge in [0.15, 0.2) is 0 Å². The number of amides is 1. The Labute approximate surface area is 153 Å². The van der Waals surface area contributed by atoms with Gasteiger partial charge in [-0.05, 0) is 37.3 Å². The predicted molar refractivity (Wildman–Crippen MR) is 97.0 cm³/mol. The molecule has 0 radical (unpaired) electrons. The number of aromatic nitrogens is 2. The molecular weight excluding hydrogens is 331 g/mol. The average molecular weight is 356 g/mol. The van der Waals surface area contributed by atoms with Crippen molar-refractivity contribution >= 4 is 5.91 Å². The fourth-order valence-corrected chi connectivity index (χ4v) is 4.10. The highest BCUT2D eigenvalue weighted by molar-refractivity contribution is 5.79. The number of nitrogens with one attached hydrogen (secondary N) is 1. The van der Waals surface area contributed by atoms with E-state index in [-0.39, 0.29) is 17.6 Å². The van der Waals surface area contributed by atoms with E-state index < -0.39 is 0 Å². The smallest absolute Gasteiger partial charge is 0.226 e. The summed E-state index contributed by atoms with van der Waals surface area (Å²) in [5.41, 5.74) is 3.10. The van der Waals surface area contributed by atoms with E-state index >= 15 is 0 Å². The van der Waals surface area contributed by atoms with Crippen molar-refractivity contribution < 1.29 is 9.18 Å². The molecule has 1 fully saturated rings. The zero-order valence-electron chi connectivity index (χ0n) is 15.0. The number of fused-ring (bicyclic) bond motifs is 1. The molecule has 0 spiro atoms. The predicted octanol–water partition coefficient (Wildman–Crippen LogP) is 2.39. The van der Waals surface area contributed by atoms with E-state index in [0.717, 1.165) is 57.4 Å². The summed E-state index contributed by atoms with van der Waals surface area (Å²) in [6.07, 6.45) is 5.37. The summed E-state index contributed by atoms with van der Waals surface area (Å²) < 4.78 is 13.9. The zero-order chi connectivity index (χ0) is 17.9. The number of aryl methyl sites for hydroxylation is 1. The third-order valence-corrected chi connectivity index (χ3v) is 5.62. The second-order valence-corrected chi connectivity index (χ2v) is 7.36. The van der Waals surface area contributed by atoms with Crippen LogP contribution in [0.1, 0.15) is 29.7 Å². The first-order valence-corrected chi connectivity index (χ1v) is 9.46. The van der Waals surface area contributed by atoms with Gasteiger partial charge in [-0.25, -0.2) is 4.39 Å². The van der Waals surface area contributed by atoms with Crippen molar-refractivity contribution in [2.75, 3.05) is 26.2 Å². The first-order valence-electron chi connectivity index (χ1n) is 9.46. The molecule has 1 atom stereocenters. The van der Waals surface area contributed by atoms with E-state index in [9.17, 15) is 9.18 Å². The van der Waals surface area contributed by atoms with E-state index in [1.54, 1.807) is 6.07 Å². The van der Waals surface area contributed by atoms with Crippen molar-refractivity contribution in [1.82, 2.24) is 20.0 Å². The lowest BCUT2D eigenvalue weighted by molar-refractivity contribution is -0.135. The van der Waals surface area contributed by atoms with Gasteiger partial charge in [-0.2, -0.15) is 5.10 Å². The van der Waals surface area contributed by atoms with Gasteiger partial charge in [-0.15, -0.1) is 0 Å². The first kappa shape index (κ1) is 17.2. The van der Waals surface area contributed by atoms with Crippen molar-refractivity contribution in [2.24, 2.45) is 5.92 Å². The molecule has 2 heterocycles. The molecule has 4 rings (SSSR count). The number of rotatable bonds is 3. The number of halogens is 1. The molecule has 26 heavy (non-hydrogen) atoms. The van der Waals surface area contributed by atoms with Gasteiger partial charge < -0.3 is 4.90 Å². The molecule has 1 N–H and O–H groups in total. The molecule has 2 aliphatic rings. The Bertz CT molecular complexity index is 775. The maximum absolute atomic E-state index is 13.9. The molecular formula is C20H25FN4O. The summed E-state index contributed by atoms with van der Waals surface area (Å²) in [7, 11) is 0. The lowest BCUT2D eigenvalue weighted by Gasteiger charge is -2.28. The minimum atomic E-state index is -0.150. The zero-order valence-corrected chi connectivity index (χ0v) is 15.0. The molecule has 1 aliphatic heterocycles. The highest BCUT2D eigenvalue weighted by Gasteiger charge is 2.30. The minimum Gasteiger partial charge on any atom is -0.341 e. The van der Waals surface area contributed by atoms with Crippen LogP contribution in [0.4, 0.5) is 4.39 Å². The van der Waals surface area contributed by atoms with Gasteiger partial charge in [0, 0.05) is 49.9 Å². The molecule has 2 aromatic rings. The van der Waals surface area contributed by atoms with Crippen LogP contribution in [0.15, 0.2) is 30.5 Å². The molecule has 1 aromatic carbocycles. The Morgan fingerprint density at radius 1 is 1.23 bits per heavy atom. The molecule has 5 nitrogen and oxygen atoms in total. The normalized spacial score (nSPS) is 21.3. The van der Waals surface area contributed by atoms with Crippen LogP contribution in [0.2, 0.25) is 0 Å². The fourth-order valence-electron chi connectivity index (χ4n) is 4.10. The van der Waals surface area contributed by atoms with Crippen LogP contribution in [0.25, 0.3) is 0 Å². The SMILES string of the molecule is O=C(C1CCc2[nH]ncc2C1)N1CCCN(Cc2ccccc2F)CC1. The van der Waals surface area contributed by atoms with Crippen LogP contribution in [0.5, 0.6) is 0 Å². The molecule has 1 aromatic heterocycles. The molecule has 1 unspecified atom stereocenters. The number of hydrogen-bond donors (Lipinski definition) is 1. The van der Waals surface area contributed by atoms with Crippen LogP contribution >= 0.6 is 0 Å². The van der Waals surface area contributed by atoms with Gasteiger partial charge in [-0.1, -0.05) is 18.2 Å². The topological polar surface area (TPSA) is 52.2 Å². The van der Waals surface area contributed by atoms with Crippen molar-refractivity contribution in [2.45, 2.75) is 32.2 Å². The minimum absolute atomic E-state index is 0.0678. The van der Waals surface area contributed by atoms with Crippen molar-refractivity contribution in [1.29, 1.82) is 0 Å². The van der Waals surface area contributed by atoms with Gasteiger partial charge in [-0.3, -0.25) is 14.8 Å². The Morgan fingerprint density at radius 3 is 3.00 bits per heavy atom. The monoisotopic (exact) mass is 356 g/mol. The van der Waals surface area contributed by atoms with Crippen LogP contribution in [-0.2, 0) is 24.2 Å². The van der Waals surface area contributed by atoms with E-state index in [1.165, 1.54) is 17.3 Å². The maximum atomic E-state index is 13.9. The first-order chi connectivity index (χ1) is 12.7. The van der Waals surface area contributed by atoms with E-state index in [1.807, 2.05) is 23.2 Å². The molecule has 0 bridgehead atoms. The van der Waals surface area contributed by atoms with Gasteiger partial charge in [0.1, 0.15) is 5.82 Å². The third-order valence-electron chi connectivity index (χ3n) is 5.62. The summed E-state index contributed by atoms with van der Waals surface area (Å²) in [5, 5.41) is 7.12. The standard InChI is InChI=1S/C20H25FN4O/c21-18-5-2-1-4-16(18)14-24-8-3-9-25(11-10-24)20(26)15-6-7-19-17(12-15)13-22-23-19/h1-2,4-5,13,15H,3,6-12,14H2,(H,22,23). The number of H-pyrrole nitrogens is 1. The van der Waals surface area contributed by atoms with Crippen LogP contribution in [0.3, 0.4) is 0 Å². The number of carbonyl (C=O) groups is 1. The van der Waals surface area contributed by atoms with Crippen molar-refractivity contribution in [3.63, 3.8) is 0 Å². The number of benzene rings is 1. The maximum Gasteiger partial charge on any atom is 0.226 e. The lowest BCUT2D eigenvalue weighted by Crippen LogP contribution is -2.40. The van der Waals surface area contributed by atoms with Crippen LogP contribution in [-0.4, -0.2) is 52.1 Å². The fraction of sp³-hybridized carbons (Fsp3) is 0.500. The molecule has 138 valence electrons. The molecule has 1 saturated heterocycles. The van der Waals surface area contributed by atoms with Gasteiger partial charge in [0.2, 0.25) is 5.91 Å². The summed E-state index contributed by atoms with van der Waals surface area (Å²) in [4.78, 5) is 17.2. The summed E-state index contributed by atoms with van der Waals surface area (Å²) in [6, 6.07) is 6.94. The number of aromatic amines is 1. The third kappa shape index (κ3) is 3.65. The van der Waals surface area contributed by atoms with Gasteiger partial charge >= 0.3 is 0 Å². The van der Waals surface area contributed by atoms with E-state index in [4.69, 9.17) is 0 Å². The van der Waals surface area contributed by atoms with Crippen LogP contribution < -0.4 is 0 Å². The highest BCUT2D eigenvalue weighted by Crippen LogP contribution is 2.26. The average Bonchev–Trinajstić information content (AvgIpc) is 3.01. The van der Waals surface area contributed by atoms with Crippen molar-refractivity contribution in [3.8, 4) is 0 Å². The lowest BCUT2D eigenvalue weighted by atomic mass is 9.87. The molecule has 0 saturated carbocycles. The Hall–Kier alpha value is -2.21. The highest BCUT2D eigenvalue weighted by atomic mass is 19.1. The summed E-state index contributed by atoms with van der Waals surface area (Å²) >= 11 is 0. The second-order valence-electron chi connectivity index (χ2n) is 7.36. The van der Waals surface area contributed by atoms with E-state index in [0.29, 0.717) is 6.54 Å². The molecule has 1 amide bonds. The summed E-state index contributed by atoms with van der Waals surface area (Å²) in [6.45, 7) is 3.82. The van der Waals surface area contributed by atoms with Gasteiger partial charge in [0.05, 0.1) is 6.20 Å². The molecule has 1 aliphatic carbocycles. The number of carbonyl (C=O) groups excluding carboxylic acids is 1. The molecule has 6 heteroatoms. The summed E-state index contributed by atoms with van der Waals surface area (Å²) in [5.74, 6) is 0.186. The van der Waals surface area contributed by atoms with Crippen LogP contribution in [0, 0.1) is 11.7 Å². The van der Waals surface area contributed by atoms with E-state index in [2.05, 4.69) is 15.1 Å². The Morgan fingerprint density at radius 2 is 2.12 bits per heavy atom. The Balaban J connectivity index is 1.35.